The van der Waals surface area contributed by atoms with Gasteiger partial charge in [0.15, 0.2) is 0 Å². The van der Waals surface area contributed by atoms with Gasteiger partial charge in [-0.05, 0) is 18.1 Å². The van der Waals surface area contributed by atoms with E-state index in [9.17, 15) is 0 Å². The van der Waals surface area contributed by atoms with Crippen LogP contribution in [0.3, 0.4) is 0 Å². The molecule has 5 nitrogen and oxygen atoms in total. The van der Waals surface area contributed by atoms with Crippen molar-refractivity contribution in [3.8, 4) is 11.3 Å². The molecule has 24 heavy (non-hydrogen) atoms. The van der Waals surface area contributed by atoms with Crippen LogP contribution in [0.15, 0.2) is 77.5 Å². The molecule has 0 amide bonds. The Morgan fingerprint density at radius 1 is 1.00 bits per heavy atom. The Morgan fingerprint density at radius 2 is 1.71 bits per heavy atom. The van der Waals surface area contributed by atoms with Crippen molar-refractivity contribution in [2.45, 2.75) is 6.92 Å². The highest BCUT2D eigenvalue weighted by molar-refractivity contribution is 5.85. The van der Waals surface area contributed by atoms with Crippen molar-refractivity contribution in [1.82, 2.24) is 15.2 Å². The molecule has 0 aliphatic carbocycles. The molecule has 118 valence electrons. The predicted molar refractivity (Wildman–Crippen MR) is 97.5 cm³/mol. The molecule has 0 aliphatic heterocycles. The largest absolute Gasteiger partial charge is 0.263 e. The third-order valence-corrected chi connectivity index (χ3v) is 3.26. The van der Waals surface area contributed by atoms with Gasteiger partial charge in [-0.25, -0.2) is 10.4 Å². The molecule has 0 bridgehead atoms. The fourth-order valence-electron chi connectivity index (χ4n) is 2.14. The minimum Gasteiger partial charge on any atom is -0.244 e. The molecule has 2 aromatic carbocycles. The van der Waals surface area contributed by atoms with E-state index in [0.717, 1.165) is 22.4 Å². The van der Waals surface area contributed by atoms with E-state index in [4.69, 9.17) is 0 Å². The van der Waals surface area contributed by atoms with Crippen molar-refractivity contribution in [3.63, 3.8) is 0 Å². The predicted octanol–water partition coefficient (Wildman–Crippen LogP) is 4.04. The Labute approximate surface area is 140 Å². The lowest BCUT2D eigenvalue weighted by molar-refractivity contribution is 0.967. The number of allylic oxidation sites excluding steroid dienone is 1. The topological polar surface area (TPSA) is 63.1 Å². The third kappa shape index (κ3) is 4.33. The van der Waals surface area contributed by atoms with E-state index in [-0.39, 0.29) is 0 Å². The fourth-order valence-corrected chi connectivity index (χ4v) is 2.14. The van der Waals surface area contributed by atoms with E-state index in [2.05, 4.69) is 25.7 Å². The van der Waals surface area contributed by atoms with Gasteiger partial charge in [0.1, 0.15) is 0 Å². The van der Waals surface area contributed by atoms with Crippen LogP contribution in [0.25, 0.3) is 17.3 Å². The van der Waals surface area contributed by atoms with E-state index < -0.39 is 0 Å². The second-order valence-corrected chi connectivity index (χ2v) is 5.20. The standard InChI is InChI=1S/C19H17N5/c1-15(12-16-8-4-2-5-9-16)13-20-23-19-22-18(14-21-24-19)17-10-6-3-7-11-17/h2-14H,1H3,(H,22,23,24)/b15-12+,20-13-. The number of nitrogens with one attached hydrogen (secondary N) is 1. The maximum Gasteiger partial charge on any atom is 0.263 e. The summed E-state index contributed by atoms with van der Waals surface area (Å²) in [7, 11) is 0. The summed E-state index contributed by atoms with van der Waals surface area (Å²) in [6.07, 6.45) is 5.40. The van der Waals surface area contributed by atoms with Crippen LogP contribution in [-0.4, -0.2) is 21.4 Å². The molecule has 5 heteroatoms. The highest BCUT2D eigenvalue weighted by Gasteiger charge is 2.01. The van der Waals surface area contributed by atoms with Crippen molar-refractivity contribution in [2.75, 3.05) is 5.43 Å². The van der Waals surface area contributed by atoms with Gasteiger partial charge in [0.2, 0.25) is 0 Å². The van der Waals surface area contributed by atoms with Crippen molar-refractivity contribution in [3.05, 3.63) is 78.0 Å². The first-order valence-corrected chi connectivity index (χ1v) is 7.59. The van der Waals surface area contributed by atoms with Gasteiger partial charge in [0, 0.05) is 5.56 Å². The van der Waals surface area contributed by atoms with Crippen molar-refractivity contribution >= 4 is 18.2 Å². The van der Waals surface area contributed by atoms with E-state index in [1.807, 2.05) is 73.7 Å². The number of aromatic nitrogens is 3. The molecule has 3 rings (SSSR count). The quantitative estimate of drug-likeness (QED) is 0.570. The minimum absolute atomic E-state index is 0.361. The zero-order valence-corrected chi connectivity index (χ0v) is 13.3. The molecular weight excluding hydrogens is 298 g/mol. The van der Waals surface area contributed by atoms with Gasteiger partial charge in [0.05, 0.1) is 18.1 Å². The molecule has 1 N–H and O–H groups in total. The van der Waals surface area contributed by atoms with Gasteiger partial charge in [-0.3, -0.25) is 0 Å². The van der Waals surface area contributed by atoms with Gasteiger partial charge in [-0.15, -0.1) is 5.10 Å². The summed E-state index contributed by atoms with van der Waals surface area (Å²) in [6, 6.07) is 19.9. The van der Waals surface area contributed by atoms with Crippen LogP contribution in [0.5, 0.6) is 0 Å². The number of hydrogen-bond donors (Lipinski definition) is 1. The Balaban J connectivity index is 1.67. The molecule has 0 fully saturated rings. The number of benzene rings is 2. The molecule has 0 spiro atoms. The van der Waals surface area contributed by atoms with E-state index in [1.54, 1.807) is 12.4 Å². The smallest absolute Gasteiger partial charge is 0.244 e. The molecule has 0 atom stereocenters. The maximum absolute atomic E-state index is 4.41. The first-order valence-electron chi connectivity index (χ1n) is 7.59. The van der Waals surface area contributed by atoms with Crippen molar-refractivity contribution in [2.24, 2.45) is 5.10 Å². The Hall–Kier alpha value is -3.34. The van der Waals surface area contributed by atoms with Crippen LogP contribution in [-0.2, 0) is 0 Å². The summed E-state index contributed by atoms with van der Waals surface area (Å²) >= 11 is 0. The molecule has 1 aromatic heterocycles. The van der Waals surface area contributed by atoms with Crippen LogP contribution in [0, 0.1) is 0 Å². The van der Waals surface area contributed by atoms with Crippen LogP contribution >= 0.6 is 0 Å². The molecular formula is C19H17N5. The van der Waals surface area contributed by atoms with Gasteiger partial charge in [-0.2, -0.15) is 10.2 Å². The van der Waals surface area contributed by atoms with Crippen molar-refractivity contribution in [1.29, 1.82) is 0 Å². The van der Waals surface area contributed by atoms with E-state index >= 15 is 0 Å². The molecule has 3 aromatic rings. The van der Waals surface area contributed by atoms with Crippen LogP contribution < -0.4 is 5.43 Å². The van der Waals surface area contributed by atoms with Crippen LogP contribution in [0.1, 0.15) is 12.5 Å². The SMILES string of the molecule is CC(/C=N\Nc1nncc(-c2ccccc2)n1)=C\c1ccccc1. The lowest BCUT2D eigenvalue weighted by Gasteiger charge is -2.02. The van der Waals surface area contributed by atoms with E-state index in [0.29, 0.717) is 5.95 Å². The molecule has 1 heterocycles. The summed E-state index contributed by atoms with van der Waals surface area (Å²) in [4.78, 5) is 4.41. The number of hydrazone groups is 1. The Bertz CT molecular complexity index is 842. The maximum atomic E-state index is 4.41. The lowest BCUT2D eigenvalue weighted by atomic mass is 10.1. The highest BCUT2D eigenvalue weighted by Crippen LogP contribution is 2.15. The Kier molecular flexibility index (Phi) is 5.04. The first-order chi connectivity index (χ1) is 11.8. The minimum atomic E-state index is 0.361. The summed E-state index contributed by atoms with van der Waals surface area (Å²) in [6.45, 7) is 1.98. The summed E-state index contributed by atoms with van der Waals surface area (Å²) in [5.74, 6) is 0.361. The normalized spacial score (nSPS) is 11.6. The van der Waals surface area contributed by atoms with E-state index in [1.165, 1.54) is 0 Å². The van der Waals surface area contributed by atoms with Crippen LogP contribution in [0.2, 0.25) is 0 Å². The zero-order valence-electron chi connectivity index (χ0n) is 13.3. The first kappa shape index (κ1) is 15.6. The molecule has 0 saturated heterocycles. The average molecular weight is 315 g/mol. The van der Waals surface area contributed by atoms with Gasteiger partial charge in [-0.1, -0.05) is 66.7 Å². The summed E-state index contributed by atoms with van der Waals surface area (Å²) < 4.78 is 0. The van der Waals surface area contributed by atoms with Crippen molar-refractivity contribution < 1.29 is 0 Å². The zero-order chi connectivity index (χ0) is 16.6. The second kappa shape index (κ2) is 7.78. The molecule has 0 saturated carbocycles. The third-order valence-electron chi connectivity index (χ3n) is 3.26. The van der Waals surface area contributed by atoms with Crippen LogP contribution in [0.4, 0.5) is 5.95 Å². The fraction of sp³-hybridized carbons (Fsp3) is 0.0526. The number of rotatable bonds is 5. The number of anilines is 1. The molecule has 0 unspecified atom stereocenters. The second-order valence-electron chi connectivity index (χ2n) is 5.20. The number of nitrogens with zero attached hydrogens (tertiary/aromatic N) is 4. The summed E-state index contributed by atoms with van der Waals surface area (Å²) in [5, 5.41) is 12.1. The lowest BCUT2D eigenvalue weighted by Crippen LogP contribution is -1.99. The number of hydrogen-bond acceptors (Lipinski definition) is 5. The monoisotopic (exact) mass is 315 g/mol. The summed E-state index contributed by atoms with van der Waals surface area (Å²) in [5.41, 5.74) is 6.70. The molecule has 0 aliphatic rings. The molecule has 0 radical (unpaired) electrons. The average Bonchev–Trinajstić information content (AvgIpc) is 2.63. The van der Waals surface area contributed by atoms with Gasteiger partial charge in [0.25, 0.3) is 5.95 Å². The van der Waals surface area contributed by atoms with Gasteiger partial charge >= 0.3 is 0 Å². The van der Waals surface area contributed by atoms with Gasteiger partial charge < -0.3 is 0 Å². The Morgan fingerprint density at radius 3 is 2.46 bits per heavy atom. The highest BCUT2D eigenvalue weighted by atomic mass is 15.4.